The number of amides is 1. The third-order valence-electron chi connectivity index (χ3n) is 5.16. The zero-order chi connectivity index (χ0) is 24.8. The highest BCUT2D eigenvalue weighted by molar-refractivity contribution is 6.01. The molecule has 35 heavy (non-hydrogen) atoms. The molecule has 0 aliphatic heterocycles. The first kappa shape index (κ1) is 23.1. The minimum Gasteiger partial charge on any atom is -0.423 e. The van der Waals surface area contributed by atoms with Crippen LogP contribution in [0, 0.1) is 10.1 Å². The molecule has 9 heteroatoms. The molecule has 1 N–H and O–H groups in total. The van der Waals surface area contributed by atoms with E-state index in [1.54, 1.807) is 43.3 Å². The van der Waals surface area contributed by atoms with E-state index in [-0.39, 0.29) is 22.9 Å². The van der Waals surface area contributed by atoms with Crippen molar-refractivity contribution in [3.8, 4) is 11.4 Å². The molecule has 1 aromatic heterocycles. The highest BCUT2D eigenvalue weighted by Gasteiger charge is 2.21. The maximum atomic E-state index is 12.4. The number of ether oxygens (including phenoxy) is 1. The van der Waals surface area contributed by atoms with Crippen molar-refractivity contribution >= 4 is 23.3 Å². The summed E-state index contributed by atoms with van der Waals surface area (Å²) < 4.78 is 7.20. The largest absolute Gasteiger partial charge is 0.423 e. The summed E-state index contributed by atoms with van der Waals surface area (Å²) in [5, 5.41) is 15.3. The van der Waals surface area contributed by atoms with E-state index in [2.05, 4.69) is 10.5 Å². The number of nitrogens with one attached hydrogen (secondary N) is 1. The molecule has 3 aromatic carbocycles. The van der Waals surface area contributed by atoms with E-state index >= 15 is 0 Å². The first-order chi connectivity index (χ1) is 16.9. The van der Waals surface area contributed by atoms with Crippen molar-refractivity contribution in [1.82, 2.24) is 9.99 Å². The first-order valence-electron chi connectivity index (χ1n) is 10.6. The smallest absolute Gasteiger partial charge is 0.350 e. The van der Waals surface area contributed by atoms with Gasteiger partial charge in [-0.2, -0.15) is 5.10 Å². The number of hydrogen-bond acceptors (Lipinski definition) is 6. The van der Waals surface area contributed by atoms with Gasteiger partial charge < -0.3 is 9.30 Å². The molecule has 174 valence electrons. The van der Waals surface area contributed by atoms with Gasteiger partial charge in [-0.3, -0.25) is 14.9 Å². The molecule has 4 rings (SSSR count). The van der Waals surface area contributed by atoms with Crippen LogP contribution in [0.1, 0.15) is 33.2 Å². The van der Waals surface area contributed by atoms with Crippen molar-refractivity contribution in [2.24, 2.45) is 5.10 Å². The number of nitrogens with zero attached hydrogens (tertiary/aromatic N) is 3. The normalized spacial score (nSPS) is 11.1. The molecule has 0 saturated carbocycles. The number of esters is 1. The lowest BCUT2D eigenvalue weighted by atomic mass is 10.1. The predicted octanol–water partition coefficient (Wildman–Crippen LogP) is 4.76. The van der Waals surface area contributed by atoms with Crippen LogP contribution in [-0.2, 0) is 0 Å². The van der Waals surface area contributed by atoms with Crippen LogP contribution in [0.2, 0.25) is 0 Å². The Morgan fingerprint density at radius 1 is 0.886 bits per heavy atom. The molecule has 0 spiro atoms. The Kier molecular flexibility index (Phi) is 6.78. The Labute approximate surface area is 200 Å². The number of para-hydroxylation sites is 1. The number of hydrogen-bond donors (Lipinski definition) is 1. The molecule has 0 saturated heterocycles. The summed E-state index contributed by atoms with van der Waals surface area (Å²) in [6, 6.07) is 23.0. The standard InChI is InChI=1S/C26H20N4O5/c1-18(27-28-25(31)20-8-12-21(13-9-20)29-16-4-5-17-29)19-10-14-22(15-11-19)35-26(32)23-6-2-3-7-24(23)30(33)34/h2-17H,1H3,(H,28,31)/b27-18+. The van der Waals surface area contributed by atoms with Gasteiger partial charge in [0.05, 0.1) is 10.6 Å². The van der Waals surface area contributed by atoms with Crippen LogP contribution >= 0.6 is 0 Å². The average molecular weight is 468 g/mol. The molecule has 0 fully saturated rings. The van der Waals surface area contributed by atoms with Crippen molar-refractivity contribution in [3.05, 3.63) is 124 Å². The lowest BCUT2D eigenvalue weighted by molar-refractivity contribution is -0.385. The highest BCUT2D eigenvalue weighted by Crippen LogP contribution is 2.21. The van der Waals surface area contributed by atoms with Crippen LogP contribution in [0.5, 0.6) is 5.75 Å². The van der Waals surface area contributed by atoms with Crippen LogP contribution in [0.25, 0.3) is 5.69 Å². The van der Waals surface area contributed by atoms with Gasteiger partial charge in [-0.05, 0) is 79.2 Å². The average Bonchev–Trinajstić information content (AvgIpc) is 3.42. The molecule has 0 atom stereocenters. The van der Waals surface area contributed by atoms with E-state index in [9.17, 15) is 19.7 Å². The quantitative estimate of drug-likeness (QED) is 0.138. The number of rotatable bonds is 7. The molecule has 0 bridgehead atoms. The van der Waals surface area contributed by atoms with Crippen molar-refractivity contribution in [2.75, 3.05) is 0 Å². The van der Waals surface area contributed by atoms with E-state index in [0.717, 1.165) is 5.69 Å². The topological polar surface area (TPSA) is 116 Å². The van der Waals surface area contributed by atoms with E-state index in [4.69, 9.17) is 4.74 Å². The molecule has 0 aliphatic carbocycles. The Hall–Kier alpha value is -5.05. The van der Waals surface area contributed by atoms with Gasteiger partial charge in [-0.1, -0.05) is 12.1 Å². The lowest BCUT2D eigenvalue weighted by Gasteiger charge is -2.07. The van der Waals surface area contributed by atoms with Crippen molar-refractivity contribution in [2.45, 2.75) is 6.92 Å². The summed E-state index contributed by atoms with van der Waals surface area (Å²) in [6.45, 7) is 1.73. The van der Waals surface area contributed by atoms with E-state index < -0.39 is 10.9 Å². The van der Waals surface area contributed by atoms with Crippen LogP contribution < -0.4 is 10.2 Å². The highest BCUT2D eigenvalue weighted by atomic mass is 16.6. The minimum atomic E-state index is -0.828. The summed E-state index contributed by atoms with van der Waals surface area (Å²) in [5.74, 6) is -0.958. The molecular formula is C26H20N4O5. The van der Waals surface area contributed by atoms with Crippen molar-refractivity contribution < 1.29 is 19.2 Å². The fourth-order valence-corrected chi connectivity index (χ4v) is 3.29. The van der Waals surface area contributed by atoms with Gasteiger partial charge in [0.1, 0.15) is 11.3 Å². The van der Waals surface area contributed by atoms with Crippen molar-refractivity contribution in [3.63, 3.8) is 0 Å². The van der Waals surface area contributed by atoms with Crippen LogP contribution in [0.15, 0.2) is 102 Å². The number of benzene rings is 3. The van der Waals surface area contributed by atoms with E-state index in [0.29, 0.717) is 16.8 Å². The summed E-state index contributed by atoms with van der Waals surface area (Å²) in [5.41, 5.74) is 4.71. The summed E-state index contributed by atoms with van der Waals surface area (Å²) in [4.78, 5) is 35.3. The number of aromatic nitrogens is 1. The molecule has 1 heterocycles. The Balaban J connectivity index is 1.38. The maximum absolute atomic E-state index is 12.4. The Morgan fingerprint density at radius 3 is 2.17 bits per heavy atom. The molecule has 0 aliphatic rings. The monoisotopic (exact) mass is 468 g/mol. The summed E-state index contributed by atoms with van der Waals surface area (Å²) >= 11 is 0. The van der Waals surface area contributed by atoms with Crippen LogP contribution in [0.4, 0.5) is 5.69 Å². The zero-order valence-corrected chi connectivity index (χ0v) is 18.6. The van der Waals surface area contributed by atoms with Gasteiger partial charge in [0.2, 0.25) is 0 Å². The molecule has 0 unspecified atom stereocenters. The number of nitro benzene ring substituents is 1. The predicted molar refractivity (Wildman–Crippen MR) is 130 cm³/mol. The molecule has 0 radical (unpaired) electrons. The molecule has 9 nitrogen and oxygen atoms in total. The fourth-order valence-electron chi connectivity index (χ4n) is 3.29. The third-order valence-corrected chi connectivity index (χ3v) is 5.16. The van der Waals surface area contributed by atoms with E-state index in [1.165, 1.54) is 24.3 Å². The summed E-state index contributed by atoms with van der Waals surface area (Å²) in [6.07, 6.45) is 3.83. The Bertz CT molecular complexity index is 1390. The maximum Gasteiger partial charge on any atom is 0.350 e. The second-order valence-electron chi connectivity index (χ2n) is 7.46. The first-order valence-corrected chi connectivity index (χ1v) is 10.6. The van der Waals surface area contributed by atoms with Crippen LogP contribution in [0.3, 0.4) is 0 Å². The summed E-state index contributed by atoms with van der Waals surface area (Å²) in [7, 11) is 0. The molecule has 1 amide bonds. The van der Waals surface area contributed by atoms with Crippen molar-refractivity contribution in [1.29, 1.82) is 0 Å². The fraction of sp³-hybridized carbons (Fsp3) is 0.0385. The number of nitro groups is 1. The second-order valence-corrected chi connectivity index (χ2v) is 7.46. The zero-order valence-electron chi connectivity index (χ0n) is 18.6. The van der Waals surface area contributed by atoms with E-state index in [1.807, 2.05) is 41.2 Å². The van der Waals surface area contributed by atoms with Gasteiger partial charge in [0.25, 0.3) is 11.6 Å². The lowest BCUT2D eigenvalue weighted by Crippen LogP contribution is -2.19. The van der Waals surface area contributed by atoms with Crippen LogP contribution in [-0.4, -0.2) is 27.1 Å². The molecular weight excluding hydrogens is 448 g/mol. The third kappa shape index (κ3) is 5.48. The van der Waals surface area contributed by atoms with Gasteiger partial charge >= 0.3 is 5.97 Å². The molecule has 4 aromatic rings. The Morgan fingerprint density at radius 2 is 1.51 bits per heavy atom. The number of carbonyl (C=O) groups excluding carboxylic acids is 2. The minimum absolute atomic E-state index is 0.136. The number of hydrazone groups is 1. The van der Waals surface area contributed by atoms with Gasteiger partial charge in [-0.25, -0.2) is 10.2 Å². The van der Waals surface area contributed by atoms with Gasteiger partial charge in [0, 0.05) is 29.7 Å². The van der Waals surface area contributed by atoms with Gasteiger partial charge in [0.15, 0.2) is 0 Å². The SMILES string of the molecule is C/C(=N\NC(=O)c1ccc(-n2cccc2)cc1)c1ccc(OC(=O)c2ccccc2[N+](=O)[O-])cc1. The number of carbonyl (C=O) groups is 2. The second kappa shape index (κ2) is 10.3. The van der Waals surface area contributed by atoms with Gasteiger partial charge in [-0.15, -0.1) is 0 Å².